The van der Waals surface area contributed by atoms with Crippen molar-refractivity contribution in [3.63, 3.8) is 0 Å². The monoisotopic (exact) mass is 181 g/mol. The van der Waals surface area contributed by atoms with Crippen molar-refractivity contribution in [2.45, 2.75) is 52.0 Å². The van der Waals surface area contributed by atoms with Gasteiger partial charge in [0.1, 0.15) is 0 Å². The molecule has 1 saturated heterocycles. The Morgan fingerprint density at radius 3 is 2.92 bits per heavy atom. The van der Waals surface area contributed by atoms with E-state index in [2.05, 4.69) is 19.2 Å². The van der Waals surface area contributed by atoms with Gasteiger partial charge in [0.2, 0.25) is 0 Å². The van der Waals surface area contributed by atoms with E-state index in [4.69, 9.17) is 0 Å². The third-order valence-corrected chi connectivity index (χ3v) is 4.07. The Hall–Kier alpha value is -0.0400. The molecule has 4 atom stereocenters. The van der Waals surface area contributed by atoms with E-state index in [0.29, 0.717) is 0 Å². The minimum absolute atomic E-state index is 0.882. The summed E-state index contributed by atoms with van der Waals surface area (Å²) in [6.45, 7) is 6.05. The maximum absolute atomic E-state index is 3.71. The second kappa shape index (κ2) is 4.00. The zero-order valence-electron chi connectivity index (χ0n) is 9.05. The Kier molecular flexibility index (Phi) is 2.92. The molecule has 4 unspecified atom stereocenters. The predicted octanol–water partition coefficient (Wildman–Crippen LogP) is 2.81. The van der Waals surface area contributed by atoms with Crippen LogP contribution in [0.5, 0.6) is 0 Å². The Balaban J connectivity index is 1.94. The molecule has 1 heteroatoms. The van der Waals surface area contributed by atoms with E-state index in [1.165, 1.54) is 38.6 Å². The van der Waals surface area contributed by atoms with Crippen molar-refractivity contribution in [2.24, 2.45) is 17.8 Å². The van der Waals surface area contributed by atoms with Crippen LogP contribution >= 0.6 is 0 Å². The van der Waals surface area contributed by atoms with Gasteiger partial charge in [-0.25, -0.2) is 0 Å². The third kappa shape index (κ3) is 1.90. The molecule has 0 amide bonds. The van der Waals surface area contributed by atoms with Crippen LogP contribution in [0.25, 0.3) is 0 Å². The van der Waals surface area contributed by atoms with E-state index >= 15 is 0 Å². The molecule has 2 rings (SSSR count). The highest BCUT2D eigenvalue weighted by atomic mass is 15.0. The highest BCUT2D eigenvalue weighted by molar-refractivity contribution is 4.93. The van der Waals surface area contributed by atoms with Gasteiger partial charge in [-0.3, -0.25) is 0 Å². The molecule has 0 aromatic heterocycles. The molecule has 1 N–H and O–H groups in total. The molecular formula is C12H23N. The average Bonchev–Trinajstić information content (AvgIpc) is 2.49. The molecule has 2 fully saturated rings. The molecule has 13 heavy (non-hydrogen) atoms. The summed E-state index contributed by atoms with van der Waals surface area (Å²) in [4.78, 5) is 0. The van der Waals surface area contributed by atoms with Gasteiger partial charge in [-0.2, -0.15) is 0 Å². The van der Waals surface area contributed by atoms with Gasteiger partial charge in [-0.05, 0) is 50.0 Å². The first-order valence-electron chi connectivity index (χ1n) is 6.04. The summed E-state index contributed by atoms with van der Waals surface area (Å²) in [7, 11) is 0. The largest absolute Gasteiger partial charge is 0.313 e. The maximum atomic E-state index is 3.71. The molecule has 1 nitrogen and oxygen atoms in total. The number of fused-ring (bicyclic) bond motifs is 1. The van der Waals surface area contributed by atoms with Crippen LogP contribution in [0, 0.1) is 17.8 Å². The van der Waals surface area contributed by atoms with Gasteiger partial charge in [-0.1, -0.05) is 20.3 Å². The first-order valence-corrected chi connectivity index (χ1v) is 6.04. The Morgan fingerprint density at radius 2 is 2.15 bits per heavy atom. The Bertz CT molecular complexity index is 167. The van der Waals surface area contributed by atoms with Crippen LogP contribution in [0.4, 0.5) is 0 Å². The van der Waals surface area contributed by atoms with E-state index < -0.39 is 0 Å². The molecule has 2 aliphatic rings. The Labute approximate surface area is 82.3 Å². The van der Waals surface area contributed by atoms with Gasteiger partial charge in [0, 0.05) is 6.04 Å². The summed E-state index contributed by atoms with van der Waals surface area (Å²) in [6, 6.07) is 0.882. The van der Waals surface area contributed by atoms with Gasteiger partial charge in [0.05, 0.1) is 0 Å². The molecule has 1 heterocycles. The van der Waals surface area contributed by atoms with Crippen LogP contribution in [-0.4, -0.2) is 12.6 Å². The number of rotatable bonds is 2. The lowest BCUT2D eigenvalue weighted by atomic mass is 9.74. The van der Waals surface area contributed by atoms with E-state index in [1.54, 1.807) is 0 Å². The van der Waals surface area contributed by atoms with Gasteiger partial charge in [0.15, 0.2) is 0 Å². The minimum atomic E-state index is 0.882. The molecule has 0 bridgehead atoms. The van der Waals surface area contributed by atoms with Crippen LogP contribution in [0.15, 0.2) is 0 Å². The molecule has 1 aliphatic heterocycles. The highest BCUT2D eigenvalue weighted by Gasteiger charge is 2.38. The zero-order valence-corrected chi connectivity index (χ0v) is 9.05. The standard InChI is InChI=1S/C12H23N/c1-3-4-10-8-13-12-6-5-9(2)7-11(10)12/h9-13H,3-8H2,1-2H3. The van der Waals surface area contributed by atoms with Crippen LogP contribution in [0.2, 0.25) is 0 Å². The van der Waals surface area contributed by atoms with Crippen LogP contribution in [0.1, 0.15) is 46.0 Å². The highest BCUT2D eigenvalue weighted by Crippen LogP contribution is 2.38. The van der Waals surface area contributed by atoms with Gasteiger partial charge in [0.25, 0.3) is 0 Å². The summed E-state index contributed by atoms with van der Waals surface area (Å²) in [5, 5.41) is 3.71. The molecule has 0 aromatic carbocycles. The Morgan fingerprint density at radius 1 is 1.31 bits per heavy atom. The first-order chi connectivity index (χ1) is 6.31. The smallest absolute Gasteiger partial charge is 0.00987 e. The fourth-order valence-corrected chi connectivity index (χ4v) is 3.34. The van der Waals surface area contributed by atoms with Gasteiger partial charge in [-0.15, -0.1) is 0 Å². The quantitative estimate of drug-likeness (QED) is 0.690. The lowest BCUT2D eigenvalue weighted by Crippen LogP contribution is -2.32. The number of hydrogen-bond donors (Lipinski definition) is 1. The molecule has 0 spiro atoms. The molecule has 76 valence electrons. The average molecular weight is 181 g/mol. The minimum Gasteiger partial charge on any atom is -0.313 e. The molecular weight excluding hydrogens is 158 g/mol. The topological polar surface area (TPSA) is 12.0 Å². The van der Waals surface area contributed by atoms with Crippen molar-refractivity contribution in [1.29, 1.82) is 0 Å². The fraction of sp³-hybridized carbons (Fsp3) is 1.00. The number of hydrogen-bond acceptors (Lipinski definition) is 1. The maximum Gasteiger partial charge on any atom is 0.00987 e. The van der Waals surface area contributed by atoms with Crippen LogP contribution in [0.3, 0.4) is 0 Å². The normalized spacial score (nSPS) is 44.8. The SMILES string of the molecule is CCCC1CNC2CCC(C)CC12. The molecule has 1 saturated carbocycles. The van der Waals surface area contributed by atoms with Gasteiger partial charge < -0.3 is 5.32 Å². The zero-order chi connectivity index (χ0) is 9.26. The van der Waals surface area contributed by atoms with Crippen molar-refractivity contribution < 1.29 is 0 Å². The predicted molar refractivity (Wildman–Crippen MR) is 56.7 cm³/mol. The van der Waals surface area contributed by atoms with E-state index in [0.717, 1.165) is 23.8 Å². The van der Waals surface area contributed by atoms with Crippen molar-refractivity contribution in [2.75, 3.05) is 6.54 Å². The van der Waals surface area contributed by atoms with Crippen LogP contribution in [-0.2, 0) is 0 Å². The summed E-state index contributed by atoms with van der Waals surface area (Å²) in [5.74, 6) is 3.00. The second-order valence-electron chi connectivity index (χ2n) is 5.15. The van der Waals surface area contributed by atoms with E-state index in [1.807, 2.05) is 0 Å². The lowest BCUT2D eigenvalue weighted by Gasteiger charge is -2.32. The summed E-state index contributed by atoms with van der Waals surface area (Å²) >= 11 is 0. The van der Waals surface area contributed by atoms with E-state index in [-0.39, 0.29) is 0 Å². The van der Waals surface area contributed by atoms with Crippen molar-refractivity contribution in [3.8, 4) is 0 Å². The summed E-state index contributed by atoms with van der Waals surface area (Å²) in [6.07, 6.45) is 7.19. The number of nitrogens with one attached hydrogen (secondary N) is 1. The fourth-order valence-electron chi connectivity index (χ4n) is 3.34. The van der Waals surface area contributed by atoms with Gasteiger partial charge >= 0.3 is 0 Å². The van der Waals surface area contributed by atoms with E-state index in [9.17, 15) is 0 Å². The molecule has 0 aromatic rings. The molecule has 1 aliphatic carbocycles. The molecule has 0 radical (unpaired) electrons. The van der Waals surface area contributed by atoms with Crippen LogP contribution < -0.4 is 5.32 Å². The second-order valence-corrected chi connectivity index (χ2v) is 5.15. The lowest BCUT2D eigenvalue weighted by molar-refractivity contribution is 0.215. The van der Waals surface area contributed by atoms with Crippen molar-refractivity contribution in [1.82, 2.24) is 5.32 Å². The summed E-state index contributed by atoms with van der Waals surface area (Å²) < 4.78 is 0. The summed E-state index contributed by atoms with van der Waals surface area (Å²) in [5.41, 5.74) is 0. The first kappa shape index (κ1) is 9.51. The third-order valence-electron chi connectivity index (χ3n) is 4.07. The van der Waals surface area contributed by atoms with Crippen molar-refractivity contribution in [3.05, 3.63) is 0 Å². The van der Waals surface area contributed by atoms with Crippen molar-refractivity contribution >= 4 is 0 Å².